The number of morpholine rings is 1. The SMILES string of the molecule is O=C(O)/C=C/C(=O)O.c1ccc(-c2cc(C(CN3CCOCC3)N3CCCCC3)on2)cc1. The molecule has 0 amide bonds. The Morgan fingerprint density at radius 2 is 1.61 bits per heavy atom. The van der Waals surface area contributed by atoms with Gasteiger partial charge in [0.15, 0.2) is 5.76 Å². The standard InChI is InChI=1S/C20H27N3O2.C4H4O4/c1-3-7-17(8-4-1)18-15-20(25-21-18)19(23-9-5-2-6-10-23)16-22-11-13-24-14-12-22;5-3(6)1-2-4(7)8/h1,3-4,7-8,15,19H,2,5-6,9-14,16H2;1-2H,(H,5,6)(H,7,8)/b;2-1+. The molecule has 0 bridgehead atoms. The minimum Gasteiger partial charge on any atom is -0.478 e. The van der Waals surface area contributed by atoms with Crippen molar-refractivity contribution in [2.45, 2.75) is 25.3 Å². The molecule has 2 N–H and O–H groups in total. The predicted octanol–water partition coefficient (Wildman–Crippen LogP) is 2.91. The number of hydrogen-bond acceptors (Lipinski definition) is 7. The quantitative estimate of drug-likeness (QED) is 0.605. The van der Waals surface area contributed by atoms with Crippen LogP contribution in [0.15, 0.2) is 53.1 Å². The Bertz CT molecular complexity index is 886. The first-order valence-corrected chi connectivity index (χ1v) is 11.2. The lowest BCUT2D eigenvalue weighted by Gasteiger charge is -2.37. The summed E-state index contributed by atoms with van der Waals surface area (Å²) < 4.78 is 11.3. The predicted molar refractivity (Wildman–Crippen MR) is 122 cm³/mol. The van der Waals surface area contributed by atoms with Gasteiger partial charge in [-0.1, -0.05) is 41.9 Å². The number of rotatable bonds is 7. The van der Waals surface area contributed by atoms with Gasteiger partial charge in [0, 0.05) is 43.4 Å². The lowest BCUT2D eigenvalue weighted by atomic mass is 10.0. The molecule has 1 unspecified atom stereocenters. The molecular formula is C24H31N3O6. The number of benzene rings is 1. The average Bonchev–Trinajstić information content (AvgIpc) is 3.33. The van der Waals surface area contributed by atoms with E-state index in [0.717, 1.165) is 63.0 Å². The number of likely N-dealkylation sites (tertiary alicyclic amines) is 1. The normalized spacial score (nSPS) is 18.4. The van der Waals surface area contributed by atoms with E-state index >= 15 is 0 Å². The van der Waals surface area contributed by atoms with E-state index < -0.39 is 11.9 Å². The Balaban J connectivity index is 0.000000331. The van der Waals surface area contributed by atoms with Crippen LogP contribution in [0.3, 0.4) is 0 Å². The van der Waals surface area contributed by atoms with Crippen molar-refractivity contribution in [1.29, 1.82) is 0 Å². The topological polar surface area (TPSA) is 116 Å². The van der Waals surface area contributed by atoms with Crippen LogP contribution in [-0.4, -0.2) is 83.0 Å². The summed E-state index contributed by atoms with van der Waals surface area (Å²) in [5, 5.41) is 20.0. The van der Waals surface area contributed by atoms with E-state index in [4.69, 9.17) is 19.5 Å². The van der Waals surface area contributed by atoms with Crippen LogP contribution in [-0.2, 0) is 14.3 Å². The van der Waals surface area contributed by atoms with Crippen LogP contribution in [0.1, 0.15) is 31.1 Å². The zero-order valence-electron chi connectivity index (χ0n) is 18.6. The third kappa shape index (κ3) is 8.12. The summed E-state index contributed by atoms with van der Waals surface area (Å²) in [7, 11) is 0. The van der Waals surface area contributed by atoms with Gasteiger partial charge in [-0.05, 0) is 25.9 Å². The molecule has 0 spiro atoms. The Morgan fingerprint density at radius 1 is 0.970 bits per heavy atom. The van der Waals surface area contributed by atoms with Gasteiger partial charge >= 0.3 is 11.9 Å². The molecule has 2 saturated heterocycles. The lowest BCUT2D eigenvalue weighted by Crippen LogP contribution is -2.44. The summed E-state index contributed by atoms with van der Waals surface area (Å²) >= 11 is 0. The lowest BCUT2D eigenvalue weighted by molar-refractivity contribution is -0.134. The van der Waals surface area contributed by atoms with E-state index in [1.165, 1.54) is 19.3 Å². The van der Waals surface area contributed by atoms with Gasteiger partial charge in [-0.3, -0.25) is 9.80 Å². The highest BCUT2D eigenvalue weighted by atomic mass is 16.5. The van der Waals surface area contributed by atoms with Gasteiger partial charge in [0.05, 0.1) is 19.3 Å². The van der Waals surface area contributed by atoms with E-state index in [-0.39, 0.29) is 6.04 Å². The van der Waals surface area contributed by atoms with Crippen molar-refractivity contribution in [3.05, 3.63) is 54.3 Å². The maximum Gasteiger partial charge on any atom is 0.328 e. The third-order valence-electron chi connectivity index (χ3n) is 5.66. The van der Waals surface area contributed by atoms with Gasteiger partial charge in [-0.25, -0.2) is 9.59 Å². The Labute approximate surface area is 193 Å². The van der Waals surface area contributed by atoms with E-state index in [2.05, 4.69) is 33.2 Å². The first-order chi connectivity index (χ1) is 16.0. The van der Waals surface area contributed by atoms with E-state index in [0.29, 0.717) is 12.2 Å². The summed E-state index contributed by atoms with van der Waals surface area (Å²) in [6.45, 7) is 6.96. The monoisotopic (exact) mass is 457 g/mol. The summed E-state index contributed by atoms with van der Waals surface area (Å²) in [5.41, 5.74) is 2.04. The molecule has 1 aromatic heterocycles. The van der Waals surface area contributed by atoms with Crippen LogP contribution in [0.4, 0.5) is 0 Å². The number of hydrogen-bond donors (Lipinski definition) is 2. The number of ether oxygens (including phenoxy) is 1. The molecule has 0 radical (unpaired) electrons. The summed E-state index contributed by atoms with van der Waals surface area (Å²) in [6, 6.07) is 12.7. The number of piperidine rings is 1. The van der Waals surface area contributed by atoms with Crippen molar-refractivity contribution >= 4 is 11.9 Å². The first-order valence-electron chi connectivity index (χ1n) is 11.2. The number of nitrogens with zero attached hydrogens (tertiary/aromatic N) is 3. The van der Waals surface area contributed by atoms with E-state index in [9.17, 15) is 9.59 Å². The zero-order valence-corrected chi connectivity index (χ0v) is 18.6. The second-order valence-corrected chi connectivity index (χ2v) is 8.02. The fraction of sp³-hybridized carbons (Fsp3) is 0.458. The van der Waals surface area contributed by atoms with Gasteiger partial charge in [0.25, 0.3) is 0 Å². The Kier molecular flexibility index (Phi) is 9.61. The van der Waals surface area contributed by atoms with Crippen LogP contribution in [0, 0.1) is 0 Å². The summed E-state index contributed by atoms with van der Waals surface area (Å²) in [4.78, 5) is 24.2. The van der Waals surface area contributed by atoms with Crippen LogP contribution in [0.25, 0.3) is 11.3 Å². The molecule has 2 aliphatic heterocycles. The molecule has 1 aromatic carbocycles. The maximum atomic E-state index is 9.55. The highest BCUT2D eigenvalue weighted by Gasteiger charge is 2.28. The average molecular weight is 458 g/mol. The Morgan fingerprint density at radius 3 is 2.21 bits per heavy atom. The van der Waals surface area contributed by atoms with Gasteiger partial charge < -0.3 is 19.5 Å². The minimum atomic E-state index is -1.26. The van der Waals surface area contributed by atoms with Gasteiger partial charge in [0.2, 0.25) is 0 Å². The highest BCUT2D eigenvalue weighted by Crippen LogP contribution is 2.29. The fourth-order valence-electron chi connectivity index (χ4n) is 3.98. The van der Waals surface area contributed by atoms with Crippen molar-refractivity contribution in [3.8, 4) is 11.3 Å². The smallest absolute Gasteiger partial charge is 0.328 e. The molecule has 9 nitrogen and oxygen atoms in total. The van der Waals surface area contributed by atoms with Crippen molar-refractivity contribution in [2.24, 2.45) is 0 Å². The van der Waals surface area contributed by atoms with Crippen LogP contribution < -0.4 is 0 Å². The number of aromatic nitrogens is 1. The molecular weight excluding hydrogens is 426 g/mol. The molecule has 2 aromatic rings. The number of carboxylic acid groups (broad SMARTS) is 2. The zero-order chi connectivity index (χ0) is 23.5. The summed E-state index contributed by atoms with van der Waals surface area (Å²) in [6.07, 6.45) is 5.01. The van der Waals surface area contributed by atoms with Crippen molar-refractivity contribution in [3.63, 3.8) is 0 Å². The van der Waals surface area contributed by atoms with Crippen LogP contribution in [0.2, 0.25) is 0 Å². The molecule has 1 atom stereocenters. The molecule has 3 heterocycles. The van der Waals surface area contributed by atoms with Crippen LogP contribution >= 0.6 is 0 Å². The second kappa shape index (κ2) is 12.9. The largest absolute Gasteiger partial charge is 0.478 e. The molecule has 4 rings (SSSR count). The number of carboxylic acids is 2. The van der Waals surface area contributed by atoms with Crippen molar-refractivity contribution in [2.75, 3.05) is 45.9 Å². The second-order valence-electron chi connectivity index (χ2n) is 8.02. The van der Waals surface area contributed by atoms with Gasteiger partial charge in [-0.2, -0.15) is 0 Å². The Hall–Kier alpha value is -3.01. The molecule has 2 fully saturated rings. The van der Waals surface area contributed by atoms with E-state index in [1.54, 1.807) is 0 Å². The third-order valence-corrected chi connectivity index (χ3v) is 5.66. The summed E-state index contributed by atoms with van der Waals surface area (Å²) in [5.74, 6) is -1.52. The van der Waals surface area contributed by atoms with Crippen molar-refractivity contribution in [1.82, 2.24) is 15.0 Å². The van der Waals surface area contributed by atoms with E-state index in [1.807, 2.05) is 18.2 Å². The first kappa shape index (κ1) is 24.6. The molecule has 2 aliphatic rings. The van der Waals surface area contributed by atoms with Gasteiger partial charge in [-0.15, -0.1) is 0 Å². The van der Waals surface area contributed by atoms with Crippen molar-refractivity contribution < 1.29 is 29.1 Å². The molecule has 9 heteroatoms. The molecule has 0 aliphatic carbocycles. The number of aliphatic carboxylic acids is 2. The molecule has 178 valence electrons. The fourth-order valence-corrected chi connectivity index (χ4v) is 3.98. The maximum absolute atomic E-state index is 9.55. The minimum absolute atomic E-state index is 0.281. The van der Waals surface area contributed by atoms with Crippen LogP contribution in [0.5, 0.6) is 0 Å². The highest BCUT2D eigenvalue weighted by molar-refractivity contribution is 5.89. The molecule has 0 saturated carbocycles. The number of carbonyl (C=O) groups is 2. The molecule has 33 heavy (non-hydrogen) atoms. The van der Waals surface area contributed by atoms with Gasteiger partial charge in [0.1, 0.15) is 5.69 Å².